The smallest absolute Gasteiger partial charge is 0.237 e. The Bertz CT molecular complexity index is 220. The Balaban J connectivity index is 2.45. The van der Waals surface area contributed by atoms with Gasteiger partial charge in [-0.2, -0.15) is 0 Å². The van der Waals surface area contributed by atoms with Gasteiger partial charge in [0.2, 0.25) is 5.91 Å². The first-order valence-electron chi connectivity index (χ1n) is 5.98. The number of carbonyl (C=O) groups excluding carboxylic acids is 1. The molecule has 0 aromatic rings. The summed E-state index contributed by atoms with van der Waals surface area (Å²) in [5, 5.41) is 6.33. The molecule has 1 heterocycles. The van der Waals surface area contributed by atoms with Gasteiger partial charge in [0.05, 0.1) is 6.04 Å². The largest absolute Gasteiger partial charge is 0.350 e. The van der Waals surface area contributed by atoms with Gasteiger partial charge in [-0.1, -0.05) is 13.3 Å². The molecule has 88 valence electrons. The van der Waals surface area contributed by atoms with Crippen LogP contribution in [0.2, 0.25) is 0 Å². The standard InChI is InChI=1S/C12H24N2O/c1-5-9-6-7-13-10(8-9)11(15)14-12(2,3)4/h9-10,13H,5-8H2,1-4H3,(H,14,15). The molecule has 0 aliphatic carbocycles. The predicted octanol–water partition coefficient (Wildman–Crippen LogP) is 1.68. The Morgan fingerprint density at radius 2 is 2.13 bits per heavy atom. The van der Waals surface area contributed by atoms with Crippen molar-refractivity contribution in [1.82, 2.24) is 10.6 Å². The van der Waals surface area contributed by atoms with Crippen molar-refractivity contribution in [2.75, 3.05) is 6.54 Å². The highest BCUT2D eigenvalue weighted by Crippen LogP contribution is 2.19. The quantitative estimate of drug-likeness (QED) is 0.731. The predicted molar refractivity (Wildman–Crippen MR) is 62.7 cm³/mol. The van der Waals surface area contributed by atoms with Gasteiger partial charge in [0.1, 0.15) is 0 Å². The van der Waals surface area contributed by atoms with Crippen molar-refractivity contribution in [1.29, 1.82) is 0 Å². The van der Waals surface area contributed by atoms with Crippen molar-refractivity contribution in [2.24, 2.45) is 5.92 Å². The molecule has 0 spiro atoms. The molecule has 1 rings (SSSR count). The van der Waals surface area contributed by atoms with Gasteiger partial charge in [0.25, 0.3) is 0 Å². The summed E-state index contributed by atoms with van der Waals surface area (Å²) < 4.78 is 0. The normalized spacial score (nSPS) is 27.5. The van der Waals surface area contributed by atoms with E-state index in [-0.39, 0.29) is 17.5 Å². The van der Waals surface area contributed by atoms with Gasteiger partial charge < -0.3 is 10.6 Å². The van der Waals surface area contributed by atoms with Crippen LogP contribution in [0.5, 0.6) is 0 Å². The van der Waals surface area contributed by atoms with E-state index < -0.39 is 0 Å². The van der Waals surface area contributed by atoms with Gasteiger partial charge in [-0.05, 0) is 46.1 Å². The Morgan fingerprint density at radius 3 is 2.67 bits per heavy atom. The first-order chi connectivity index (χ1) is 6.92. The molecule has 2 unspecified atom stereocenters. The molecule has 15 heavy (non-hydrogen) atoms. The fourth-order valence-electron chi connectivity index (χ4n) is 2.02. The maximum absolute atomic E-state index is 11.9. The van der Waals surface area contributed by atoms with Crippen molar-refractivity contribution < 1.29 is 4.79 Å². The molecule has 1 fully saturated rings. The van der Waals surface area contributed by atoms with Crippen LogP contribution in [0.3, 0.4) is 0 Å². The zero-order valence-electron chi connectivity index (χ0n) is 10.4. The molecule has 0 radical (unpaired) electrons. The van der Waals surface area contributed by atoms with Crippen LogP contribution < -0.4 is 10.6 Å². The van der Waals surface area contributed by atoms with Crippen LogP contribution >= 0.6 is 0 Å². The number of hydrogen-bond donors (Lipinski definition) is 2. The lowest BCUT2D eigenvalue weighted by atomic mass is 9.90. The van der Waals surface area contributed by atoms with Crippen LogP contribution in [0, 0.1) is 5.92 Å². The Labute approximate surface area is 93.0 Å². The highest BCUT2D eigenvalue weighted by atomic mass is 16.2. The van der Waals surface area contributed by atoms with Gasteiger partial charge in [0, 0.05) is 5.54 Å². The van der Waals surface area contributed by atoms with E-state index in [4.69, 9.17) is 0 Å². The summed E-state index contributed by atoms with van der Waals surface area (Å²) in [7, 11) is 0. The molecule has 1 aliphatic rings. The van der Waals surface area contributed by atoms with Crippen LogP contribution in [-0.2, 0) is 4.79 Å². The zero-order valence-corrected chi connectivity index (χ0v) is 10.4. The molecule has 2 N–H and O–H groups in total. The minimum atomic E-state index is -0.127. The SMILES string of the molecule is CCC1CCNC(C(=O)NC(C)(C)C)C1. The molecule has 1 saturated heterocycles. The lowest BCUT2D eigenvalue weighted by Crippen LogP contribution is -2.53. The van der Waals surface area contributed by atoms with Crippen molar-refractivity contribution in [3.05, 3.63) is 0 Å². The molecule has 1 aliphatic heterocycles. The third-order valence-electron chi connectivity index (χ3n) is 2.90. The summed E-state index contributed by atoms with van der Waals surface area (Å²) >= 11 is 0. The molecule has 1 amide bonds. The monoisotopic (exact) mass is 212 g/mol. The summed E-state index contributed by atoms with van der Waals surface area (Å²) in [6.45, 7) is 9.23. The number of piperidine rings is 1. The highest BCUT2D eigenvalue weighted by molar-refractivity contribution is 5.82. The van der Waals surface area contributed by atoms with Crippen molar-refractivity contribution in [2.45, 2.75) is 58.5 Å². The van der Waals surface area contributed by atoms with Crippen LogP contribution in [0.25, 0.3) is 0 Å². The van der Waals surface area contributed by atoms with E-state index in [1.807, 2.05) is 20.8 Å². The van der Waals surface area contributed by atoms with E-state index in [0.717, 1.165) is 13.0 Å². The fourth-order valence-corrected chi connectivity index (χ4v) is 2.02. The van der Waals surface area contributed by atoms with E-state index in [2.05, 4.69) is 17.6 Å². The third-order valence-corrected chi connectivity index (χ3v) is 2.90. The summed E-state index contributed by atoms with van der Waals surface area (Å²) in [5.74, 6) is 0.864. The van der Waals surface area contributed by atoms with Crippen molar-refractivity contribution >= 4 is 5.91 Å². The average Bonchev–Trinajstić information content (AvgIpc) is 2.15. The summed E-state index contributed by atoms with van der Waals surface area (Å²) in [5.41, 5.74) is -0.127. The summed E-state index contributed by atoms with van der Waals surface area (Å²) in [4.78, 5) is 11.9. The van der Waals surface area contributed by atoms with Crippen LogP contribution in [-0.4, -0.2) is 24.0 Å². The first-order valence-corrected chi connectivity index (χ1v) is 5.98. The summed E-state index contributed by atoms with van der Waals surface area (Å²) in [6.07, 6.45) is 3.37. The molecule has 2 atom stereocenters. The number of amides is 1. The maximum atomic E-state index is 11.9. The van der Waals surface area contributed by atoms with Crippen molar-refractivity contribution in [3.8, 4) is 0 Å². The van der Waals surface area contributed by atoms with Crippen LogP contribution in [0.15, 0.2) is 0 Å². The number of nitrogens with one attached hydrogen (secondary N) is 2. The third kappa shape index (κ3) is 4.20. The number of carbonyl (C=O) groups is 1. The average molecular weight is 212 g/mol. The second kappa shape index (κ2) is 4.97. The van der Waals surface area contributed by atoms with Crippen LogP contribution in [0.1, 0.15) is 47.0 Å². The molecular weight excluding hydrogens is 188 g/mol. The Kier molecular flexibility index (Phi) is 4.14. The van der Waals surface area contributed by atoms with E-state index in [1.54, 1.807) is 0 Å². The second-order valence-corrected chi connectivity index (χ2v) is 5.54. The first kappa shape index (κ1) is 12.5. The Hall–Kier alpha value is -0.570. The van der Waals surface area contributed by atoms with Gasteiger partial charge in [-0.3, -0.25) is 4.79 Å². The fraction of sp³-hybridized carbons (Fsp3) is 0.917. The lowest BCUT2D eigenvalue weighted by Gasteiger charge is -2.31. The molecule has 0 saturated carbocycles. The minimum Gasteiger partial charge on any atom is -0.350 e. The van der Waals surface area contributed by atoms with E-state index >= 15 is 0 Å². The maximum Gasteiger partial charge on any atom is 0.237 e. The molecular formula is C12H24N2O. The molecule has 0 aromatic carbocycles. The number of rotatable bonds is 2. The second-order valence-electron chi connectivity index (χ2n) is 5.54. The topological polar surface area (TPSA) is 41.1 Å². The van der Waals surface area contributed by atoms with E-state index in [9.17, 15) is 4.79 Å². The zero-order chi connectivity index (χ0) is 11.5. The van der Waals surface area contributed by atoms with Crippen LogP contribution in [0.4, 0.5) is 0 Å². The van der Waals surface area contributed by atoms with Gasteiger partial charge >= 0.3 is 0 Å². The highest BCUT2D eigenvalue weighted by Gasteiger charge is 2.27. The van der Waals surface area contributed by atoms with E-state index in [0.29, 0.717) is 5.92 Å². The summed E-state index contributed by atoms with van der Waals surface area (Å²) in [6, 6.07) is 0.0166. The molecule has 3 heteroatoms. The lowest BCUT2D eigenvalue weighted by molar-refractivity contribution is -0.125. The van der Waals surface area contributed by atoms with Crippen molar-refractivity contribution in [3.63, 3.8) is 0 Å². The number of hydrogen-bond acceptors (Lipinski definition) is 2. The minimum absolute atomic E-state index is 0.0166. The molecule has 0 bridgehead atoms. The van der Waals surface area contributed by atoms with E-state index in [1.165, 1.54) is 12.8 Å². The molecule has 0 aromatic heterocycles. The van der Waals surface area contributed by atoms with Gasteiger partial charge in [-0.25, -0.2) is 0 Å². The van der Waals surface area contributed by atoms with Gasteiger partial charge in [0.15, 0.2) is 0 Å². The molecule has 3 nitrogen and oxygen atoms in total. The Morgan fingerprint density at radius 1 is 1.47 bits per heavy atom. The van der Waals surface area contributed by atoms with Gasteiger partial charge in [-0.15, -0.1) is 0 Å².